The van der Waals surface area contributed by atoms with Crippen molar-refractivity contribution in [3.63, 3.8) is 0 Å². The zero-order valence-corrected chi connectivity index (χ0v) is 12.0. The third kappa shape index (κ3) is 4.27. The van der Waals surface area contributed by atoms with Crippen molar-refractivity contribution < 1.29 is 9.53 Å². The van der Waals surface area contributed by atoms with Crippen LogP contribution in [-0.4, -0.2) is 11.0 Å². The van der Waals surface area contributed by atoms with Crippen LogP contribution in [0.1, 0.15) is 12.8 Å². The van der Waals surface area contributed by atoms with Gasteiger partial charge in [-0.3, -0.25) is 4.79 Å². The minimum atomic E-state index is -0.155. The maximum absolute atomic E-state index is 11.2. The van der Waals surface area contributed by atoms with E-state index in [4.69, 9.17) is 27.7 Å². The topological polar surface area (TPSA) is 143 Å². The smallest absolute Gasteiger partial charge is 0.314 e. The van der Waals surface area contributed by atoms with Gasteiger partial charge in [-0.05, 0) is 37.1 Å². The van der Waals surface area contributed by atoms with E-state index < -0.39 is 0 Å². The molecule has 0 unspecified atom stereocenters. The van der Waals surface area contributed by atoms with Crippen LogP contribution in [0, 0.1) is 5.92 Å². The number of para-hydroxylation sites is 2. The van der Waals surface area contributed by atoms with Crippen LogP contribution in [0.4, 0.5) is 23.0 Å². The van der Waals surface area contributed by atoms with E-state index >= 15 is 0 Å². The van der Waals surface area contributed by atoms with E-state index in [1.807, 2.05) is 6.07 Å². The molecule has 1 saturated carbocycles. The molecule has 7 nitrogen and oxygen atoms in total. The molecule has 1 fully saturated rings. The normalized spacial score (nSPS) is 12.9. The Kier molecular flexibility index (Phi) is 4.67. The largest absolute Gasteiger partial charge is 0.424 e. The van der Waals surface area contributed by atoms with Gasteiger partial charge in [0.2, 0.25) is 0 Å². The van der Waals surface area contributed by atoms with Crippen molar-refractivity contribution in [2.24, 2.45) is 5.92 Å². The van der Waals surface area contributed by atoms with Crippen LogP contribution in [0.15, 0.2) is 36.4 Å². The molecule has 2 aromatic rings. The maximum Gasteiger partial charge on any atom is 0.314 e. The number of nitrogens with zero attached hydrogens (tertiary/aromatic N) is 1. The summed E-state index contributed by atoms with van der Waals surface area (Å²) in [6.45, 7) is 0. The summed E-state index contributed by atoms with van der Waals surface area (Å²) < 4.78 is 5.11. The molecule has 0 radical (unpaired) electrons. The van der Waals surface area contributed by atoms with Crippen molar-refractivity contribution >= 4 is 29.0 Å². The van der Waals surface area contributed by atoms with Crippen LogP contribution in [0.3, 0.4) is 0 Å². The van der Waals surface area contributed by atoms with Crippen molar-refractivity contribution in [1.29, 1.82) is 0 Å². The number of rotatable bonds is 2. The van der Waals surface area contributed by atoms with E-state index in [2.05, 4.69) is 4.98 Å². The molecule has 1 aromatic carbocycles. The molecule has 0 aliphatic heterocycles. The first kappa shape index (κ1) is 15.4. The fraction of sp³-hybridized carbons (Fsp3) is 0.200. The molecule has 22 heavy (non-hydrogen) atoms. The highest BCUT2D eigenvalue weighted by Crippen LogP contribution is 2.31. The van der Waals surface area contributed by atoms with Gasteiger partial charge in [-0.2, -0.15) is 0 Å². The second-order valence-corrected chi connectivity index (χ2v) is 4.94. The van der Waals surface area contributed by atoms with Crippen LogP contribution in [0.25, 0.3) is 0 Å². The van der Waals surface area contributed by atoms with Crippen LogP contribution in [-0.2, 0) is 4.79 Å². The Bertz CT molecular complexity index is 671. The van der Waals surface area contributed by atoms with Gasteiger partial charge in [0.15, 0.2) is 5.75 Å². The quantitative estimate of drug-likeness (QED) is 0.373. The predicted molar refractivity (Wildman–Crippen MR) is 86.7 cm³/mol. The molecule has 0 bridgehead atoms. The number of nitrogens with two attached hydrogens (primary N) is 4. The molecule has 1 aliphatic rings. The molecule has 0 spiro atoms. The van der Waals surface area contributed by atoms with Gasteiger partial charge in [0.1, 0.15) is 11.6 Å². The standard InChI is InChI=1S/C10H11NO2.C5H8N4/c11-8-3-1-2-4-9(8)13-10(12)7-5-6-7;6-3-1-2-4(7)9-5(3)8/h1-4,7H,5-6,11H2;1-2H,6H2,(H4,7,8,9). The summed E-state index contributed by atoms with van der Waals surface area (Å²) in [5, 5.41) is 0. The van der Waals surface area contributed by atoms with Crippen molar-refractivity contribution in [2.45, 2.75) is 12.8 Å². The van der Waals surface area contributed by atoms with E-state index in [0.717, 1.165) is 12.8 Å². The molecule has 7 heteroatoms. The fourth-order valence-electron chi connectivity index (χ4n) is 1.59. The summed E-state index contributed by atoms with van der Waals surface area (Å²) in [6, 6.07) is 10.3. The van der Waals surface area contributed by atoms with E-state index in [9.17, 15) is 4.79 Å². The minimum Gasteiger partial charge on any atom is -0.424 e. The van der Waals surface area contributed by atoms with Gasteiger partial charge in [0, 0.05) is 0 Å². The van der Waals surface area contributed by atoms with Crippen LogP contribution in [0.5, 0.6) is 5.75 Å². The lowest BCUT2D eigenvalue weighted by Crippen LogP contribution is -2.10. The zero-order chi connectivity index (χ0) is 16.1. The highest BCUT2D eigenvalue weighted by atomic mass is 16.5. The first-order valence-electron chi connectivity index (χ1n) is 6.81. The summed E-state index contributed by atoms with van der Waals surface area (Å²) in [7, 11) is 0. The molecule has 116 valence electrons. The molecule has 0 saturated heterocycles. The first-order valence-corrected chi connectivity index (χ1v) is 6.81. The van der Waals surface area contributed by atoms with Gasteiger partial charge < -0.3 is 27.7 Å². The average Bonchev–Trinajstić information content (AvgIpc) is 3.31. The Balaban J connectivity index is 0.000000172. The lowest BCUT2D eigenvalue weighted by Gasteiger charge is -2.04. The number of pyridine rings is 1. The molecule has 1 aliphatic carbocycles. The Morgan fingerprint density at radius 2 is 1.68 bits per heavy atom. The highest BCUT2D eigenvalue weighted by molar-refractivity contribution is 5.78. The van der Waals surface area contributed by atoms with Crippen LogP contribution < -0.4 is 27.7 Å². The summed E-state index contributed by atoms with van der Waals surface area (Å²) in [6.07, 6.45) is 1.90. The lowest BCUT2D eigenvalue weighted by atomic mass is 10.3. The fourth-order valence-corrected chi connectivity index (χ4v) is 1.59. The van der Waals surface area contributed by atoms with Gasteiger partial charge in [0.05, 0.1) is 17.3 Å². The van der Waals surface area contributed by atoms with Crippen LogP contribution in [0.2, 0.25) is 0 Å². The third-order valence-electron chi connectivity index (χ3n) is 3.02. The monoisotopic (exact) mass is 301 g/mol. The maximum atomic E-state index is 11.2. The molecule has 3 rings (SSSR count). The van der Waals surface area contributed by atoms with Gasteiger partial charge in [-0.25, -0.2) is 4.98 Å². The number of nitrogen functional groups attached to an aromatic ring is 4. The molecule has 0 amide bonds. The van der Waals surface area contributed by atoms with Crippen molar-refractivity contribution in [3.8, 4) is 5.75 Å². The number of hydrogen-bond donors (Lipinski definition) is 4. The van der Waals surface area contributed by atoms with E-state index in [-0.39, 0.29) is 17.7 Å². The molecule has 1 aromatic heterocycles. The molecule has 8 N–H and O–H groups in total. The Morgan fingerprint density at radius 3 is 2.23 bits per heavy atom. The van der Waals surface area contributed by atoms with Gasteiger partial charge in [-0.15, -0.1) is 0 Å². The minimum absolute atomic E-state index is 0.111. The molecule has 0 atom stereocenters. The molecular formula is C15H19N5O2. The van der Waals surface area contributed by atoms with E-state index in [1.54, 1.807) is 30.3 Å². The van der Waals surface area contributed by atoms with Crippen LogP contribution >= 0.6 is 0 Å². The third-order valence-corrected chi connectivity index (χ3v) is 3.02. The number of hydrogen-bond acceptors (Lipinski definition) is 7. The number of esters is 1. The highest BCUT2D eigenvalue weighted by Gasteiger charge is 2.31. The molecule has 1 heterocycles. The summed E-state index contributed by atoms with van der Waals surface area (Å²) in [4.78, 5) is 15.0. The van der Waals surface area contributed by atoms with Gasteiger partial charge >= 0.3 is 5.97 Å². The summed E-state index contributed by atoms with van der Waals surface area (Å²) >= 11 is 0. The number of carbonyl (C=O) groups is 1. The summed E-state index contributed by atoms with van der Waals surface area (Å²) in [5.74, 6) is 1.11. The number of anilines is 4. The second kappa shape index (κ2) is 6.66. The van der Waals surface area contributed by atoms with Gasteiger partial charge in [-0.1, -0.05) is 12.1 Å². The average molecular weight is 301 g/mol. The zero-order valence-electron chi connectivity index (χ0n) is 12.0. The first-order chi connectivity index (χ1) is 10.5. The van der Waals surface area contributed by atoms with E-state index in [0.29, 0.717) is 22.9 Å². The SMILES string of the molecule is Nc1ccc(N)c(N)n1.Nc1ccccc1OC(=O)C1CC1. The number of carbonyl (C=O) groups excluding carboxylic acids is 1. The van der Waals surface area contributed by atoms with Gasteiger partial charge in [0.25, 0.3) is 0 Å². The number of benzene rings is 1. The van der Waals surface area contributed by atoms with E-state index in [1.165, 1.54) is 0 Å². The predicted octanol–water partition coefficient (Wildman–Crippen LogP) is 1.41. The second-order valence-electron chi connectivity index (χ2n) is 4.94. The van der Waals surface area contributed by atoms with Crippen molar-refractivity contribution in [3.05, 3.63) is 36.4 Å². The lowest BCUT2D eigenvalue weighted by molar-refractivity contribution is -0.135. The number of ether oxygens (including phenoxy) is 1. The molecular weight excluding hydrogens is 282 g/mol. The Hall–Kier alpha value is -2.96. The van der Waals surface area contributed by atoms with Crippen molar-refractivity contribution in [1.82, 2.24) is 4.98 Å². The Labute approximate surface area is 128 Å². The van der Waals surface area contributed by atoms with Crippen molar-refractivity contribution in [2.75, 3.05) is 22.9 Å². The Morgan fingerprint density at radius 1 is 1.00 bits per heavy atom. The summed E-state index contributed by atoms with van der Waals surface area (Å²) in [5.41, 5.74) is 22.5. The number of aromatic nitrogens is 1.